The van der Waals surface area contributed by atoms with Gasteiger partial charge in [-0.1, -0.05) is 81.3 Å². The minimum atomic E-state index is -0.468. The second-order valence-electron chi connectivity index (χ2n) is 8.21. The Kier molecular flexibility index (Phi) is 9.99. The molecule has 1 fully saturated rings. The molecule has 1 aliphatic heterocycles. The Labute approximate surface area is 185 Å². The molecule has 0 aliphatic carbocycles. The first kappa shape index (κ1) is 23.4. The summed E-state index contributed by atoms with van der Waals surface area (Å²) in [6.07, 6.45) is 11.3. The number of carbonyl (C=O) groups excluding carboxylic acids is 1. The molecule has 2 aromatic rings. The van der Waals surface area contributed by atoms with Crippen LogP contribution in [0.2, 0.25) is 0 Å². The number of unbranched alkanes of at least 4 members (excludes halogenated alkanes) is 7. The van der Waals surface area contributed by atoms with E-state index >= 15 is 0 Å². The van der Waals surface area contributed by atoms with Crippen LogP contribution in [0, 0.1) is 0 Å². The molecule has 0 bridgehead atoms. The third kappa shape index (κ3) is 8.07. The van der Waals surface area contributed by atoms with Crippen LogP contribution in [-0.4, -0.2) is 41.8 Å². The molecule has 7 heteroatoms. The molecule has 2 N–H and O–H groups in total. The molecule has 7 nitrogen and oxygen atoms in total. The van der Waals surface area contributed by atoms with Gasteiger partial charge in [0.15, 0.2) is 0 Å². The van der Waals surface area contributed by atoms with Gasteiger partial charge in [0.05, 0.1) is 13.2 Å². The number of benzene rings is 1. The summed E-state index contributed by atoms with van der Waals surface area (Å²) in [7, 11) is 0. The number of morpholine rings is 1. The lowest BCUT2D eigenvalue weighted by Crippen LogP contribution is -2.47. The van der Waals surface area contributed by atoms with E-state index in [0.29, 0.717) is 24.9 Å². The summed E-state index contributed by atoms with van der Waals surface area (Å²) in [6.45, 7) is 4.29. The minimum Gasteiger partial charge on any atom is -0.366 e. The number of hydrogen-bond acceptors (Lipinski definition) is 6. The molecule has 0 radical (unpaired) electrons. The summed E-state index contributed by atoms with van der Waals surface area (Å²) in [5.74, 6) is 0.755. The maximum absolute atomic E-state index is 12.1. The van der Waals surface area contributed by atoms with E-state index in [-0.39, 0.29) is 12.5 Å². The van der Waals surface area contributed by atoms with Crippen molar-refractivity contribution < 1.29 is 14.1 Å². The van der Waals surface area contributed by atoms with Crippen molar-refractivity contribution in [1.29, 1.82) is 0 Å². The maximum Gasteiger partial charge on any atom is 0.250 e. The summed E-state index contributed by atoms with van der Waals surface area (Å²) in [5.41, 5.74) is 2.26. The zero-order chi connectivity index (χ0) is 21.7. The van der Waals surface area contributed by atoms with Crippen molar-refractivity contribution >= 4 is 5.91 Å². The van der Waals surface area contributed by atoms with Gasteiger partial charge in [-0.05, 0) is 18.4 Å². The number of nitrogens with one attached hydrogen (secondary N) is 2. The van der Waals surface area contributed by atoms with E-state index < -0.39 is 6.10 Å². The van der Waals surface area contributed by atoms with Gasteiger partial charge in [-0.15, -0.1) is 0 Å². The summed E-state index contributed by atoms with van der Waals surface area (Å²) in [5, 5.41) is 9.97. The van der Waals surface area contributed by atoms with Gasteiger partial charge in [0, 0.05) is 18.7 Å². The molecule has 170 valence electrons. The van der Waals surface area contributed by atoms with Gasteiger partial charge in [-0.2, -0.15) is 4.98 Å². The number of nitrogens with zero attached hydrogens (tertiary/aromatic N) is 2. The third-order valence-electron chi connectivity index (χ3n) is 5.63. The number of carbonyl (C=O) groups is 1. The average Bonchev–Trinajstić information content (AvgIpc) is 3.29. The van der Waals surface area contributed by atoms with Crippen molar-refractivity contribution in [2.45, 2.75) is 77.4 Å². The van der Waals surface area contributed by atoms with E-state index in [2.05, 4.69) is 39.8 Å². The first-order valence-corrected chi connectivity index (χ1v) is 11.8. The van der Waals surface area contributed by atoms with Crippen LogP contribution in [0.15, 0.2) is 28.8 Å². The summed E-state index contributed by atoms with van der Waals surface area (Å²) < 4.78 is 10.7. The monoisotopic (exact) mass is 428 g/mol. The topological polar surface area (TPSA) is 89.3 Å². The van der Waals surface area contributed by atoms with Crippen LogP contribution in [0.25, 0.3) is 11.4 Å². The van der Waals surface area contributed by atoms with Crippen LogP contribution < -0.4 is 10.6 Å². The SMILES string of the molecule is CCCCCCCCCCc1ccc(-c2noc(CNC(=O)C3CNCCO3)n2)cc1. The molecule has 1 aromatic carbocycles. The second-order valence-corrected chi connectivity index (χ2v) is 8.21. The van der Waals surface area contributed by atoms with Crippen molar-refractivity contribution in [3.8, 4) is 11.4 Å². The highest BCUT2D eigenvalue weighted by atomic mass is 16.5. The van der Waals surface area contributed by atoms with E-state index in [0.717, 1.165) is 18.5 Å². The number of rotatable bonds is 13. The molecule has 31 heavy (non-hydrogen) atoms. The summed E-state index contributed by atoms with van der Waals surface area (Å²) >= 11 is 0. The normalized spacial score (nSPS) is 16.4. The fourth-order valence-corrected chi connectivity index (χ4v) is 3.74. The lowest BCUT2D eigenvalue weighted by molar-refractivity contribution is -0.134. The third-order valence-corrected chi connectivity index (χ3v) is 5.63. The standard InChI is InChI=1S/C24H36N4O3/c1-2-3-4-5-6-7-8-9-10-19-11-13-20(14-12-19)23-27-22(31-28-23)18-26-24(29)21-17-25-15-16-30-21/h11-14,21,25H,2-10,15-18H2,1H3,(H,26,29). The molecule has 1 saturated heterocycles. The number of aromatic nitrogens is 2. The van der Waals surface area contributed by atoms with Gasteiger partial charge in [-0.3, -0.25) is 4.79 Å². The largest absolute Gasteiger partial charge is 0.366 e. The molecule has 0 spiro atoms. The zero-order valence-electron chi connectivity index (χ0n) is 18.7. The lowest BCUT2D eigenvalue weighted by atomic mass is 10.0. The van der Waals surface area contributed by atoms with Crippen molar-refractivity contribution in [2.75, 3.05) is 19.7 Å². The predicted octanol–water partition coefficient (Wildman–Crippen LogP) is 4.02. The molecule has 3 rings (SSSR count). The quantitative estimate of drug-likeness (QED) is 0.468. The Morgan fingerprint density at radius 1 is 1.10 bits per heavy atom. The van der Waals surface area contributed by atoms with Crippen LogP contribution in [0.5, 0.6) is 0 Å². The Bertz CT molecular complexity index is 769. The van der Waals surface area contributed by atoms with E-state index in [9.17, 15) is 4.79 Å². The maximum atomic E-state index is 12.1. The molecular formula is C24H36N4O3. The van der Waals surface area contributed by atoms with Crippen molar-refractivity contribution in [3.05, 3.63) is 35.7 Å². The molecule has 2 heterocycles. The van der Waals surface area contributed by atoms with Crippen molar-refractivity contribution in [3.63, 3.8) is 0 Å². The Balaban J connectivity index is 1.37. The van der Waals surface area contributed by atoms with Crippen LogP contribution in [0.3, 0.4) is 0 Å². The van der Waals surface area contributed by atoms with E-state index in [1.807, 2.05) is 12.1 Å². The van der Waals surface area contributed by atoms with Gasteiger partial charge < -0.3 is 19.9 Å². The van der Waals surface area contributed by atoms with Gasteiger partial charge >= 0.3 is 0 Å². The number of hydrogen-bond donors (Lipinski definition) is 2. The first-order valence-electron chi connectivity index (χ1n) is 11.8. The molecule has 1 aromatic heterocycles. The fourth-order valence-electron chi connectivity index (χ4n) is 3.74. The molecule has 1 aliphatic rings. The van der Waals surface area contributed by atoms with Crippen LogP contribution in [0.1, 0.15) is 69.7 Å². The Morgan fingerprint density at radius 3 is 2.55 bits per heavy atom. The highest BCUT2D eigenvalue weighted by Gasteiger charge is 2.22. The molecule has 1 amide bonds. The molecular weight excluding hydrogens is 392 g/mol. The van der Waals surface area contributed by atoms with Gasteiger partial charge in [0.1, 0.15) is 6.10 Å². The molecule has 1 unspecified atom stereocenters. The molecule has 0 saturated carbocycles. The second kappa shape index (κ2) is 13.2. The van der Waals surface area contributed by atoms with Gasteiger partial charge in [-0.25, -0.2) is 0 Å². The fraction of sp³-hybridized carbons (Fsp3) is 0.625. The van der Waals surface area contributed by atoms with Crippen LogP contribution >= 0.6 is 0 Å². The van der Waals surface area contributed by atoms with Gasteiger partial charge in [0.2, 0.25) is 11.7 Å². The number of amides is 1. The van der Waals surface area contributed by atoms with E-state index in [1.54, 1.807) is 0 Å². The summed E-state index contributed by atoms with van der Waals surface area (Å²) in [6, 6.07) is 8.35. The Morgan fingerprint density at radius 2 is 1.84 bits per heavy atom. The average molecular weight is 429 g/mol. The van der Waals surface area contributed by atoms with Crippen molar-refractivity contribution in [1.82, 2.24) is 20.8 Å². The smallest absolute Gasteiger partial charge is 0.250 e. The lowest BCUT2D eigenvalue weighted by Gasteiger charge is -2.22. The highest BCUT2D eigenvalue weighted by molar-refractivity contribution is 5.81. The predicted molar refractivity (Wildman–Crippen MR) is 121 cm³/mol. The number of ether oxygens (including phenoxy) is 1. The minimum absolute atomic E-state index is 0.169. The highest BCUT2D eigenvalue weighted by Crippen LogP contribution is 2.18. The van der Waals surface area contributed by atoms with Gasteiger partial charge in [0.25, 0.3) is 5.91 Å². The zero-order valence-corrected chi connectivity index (χ0v) is 18.7. The van der Waals surface area contributed by atoms with Crippen LogP contribution in [-0.2, 0) is 22.5 Å². The first-order chi connectivity index (χ1) is 15.3. The van der Waals surface area contributed by atoms with E-state index in [1.165, 1.54) is 56.9 Å². The summed E-state index contributed by atoms with van der Waals surface area (Å²) in [4.78, 5) is 16.5. The van der Waals surface area contributed by atoms with Crippen LogP contribution in [0.4, 0.5) is 0 Å². The molecule has 1 atom stereocenters. The van der Waals surface area contributed by atoms with E-state index in [4.69, 9.17) is 9.26 Å². The van der Waals surface area contributed by atoms with Crippen molar-refractivity contribution in [2.24, 2.45) is 0 Å². The Hall–Kier alpha value is -2.25. The number of aryl methyl sites for hydroxylation is 1.